The lowest BCUT2D eigenvalue weighted by molar-refractivity contribution is -0.139. The molecule has 4 nitrogen and oxygen atoms in total. The lowest BCUT2D eigenvalue weighted by Crippen LogP contribution is -2.52. The van der Waals surface area contributed by atoms with Crippen LogP contribution in [-0.4, -0.2) is 48.3 Å². The monoisotopic (exact) mass is 278 g/mol. The van der Waals surface area contributed by atoms with Gasteiger partial charge in [-0.15, -0.1) is 0 Å². The van der Waals surface area contributed by atoms with E-state index in [2.05, 4.69) is 0 Å². The van der Waals surface area contributed by atoms with Gasteiger partial charge in [0.25, 0.3) is 0 Å². The fourth-order valence-corrected chi connectivity index (χ4v) is 2.42. The molecule has 1 fully saturated rings. The van der Waals surface area contributed by atoms with Gasteiger partial charge in [-0.25, -0.2) is 4.39 Å². The lowest BCUT2D eigenvalue weighted by Gasteiger charge is -2.37. The third-order valence-corrected chi connectivity index (χ3v) is 3.85. The van der Waals surface area contributed by atoms with Gasteiger partial charge in [-0.3, -0.25) is 9.59 Å². The molecule has 2 amide bonds. The van der Waals surface area contributed by atoms with E-state index in [1.54, 1.807) is 21.9 Å². The largest absolute Gasteiger partial charge is 0.342 e. The Morgan fingerprint density at radius 2 is 1.70 bits per heavy atom. The Balaban J connectivity index is 2.11. The van der Waals surface area contributed by atoms with Gasteiger partial charge in [0.1, 0.15) is 5.82 Å². The maximum atomic E-state index is 13.0. The second-order valence-corrected chi connectivity index (χ2v) is 5.57. The highest BCUT2D eigenvalue weighted by atomic mass is 19.1. The molecule has 0 saturated carbocycles. The third kappa shape index (κ3) is 2.81. The van der Waals surface area contributed by atoms with Crippen LogP contribution >= 0.6 is 0 Å². The van der Waals surface area contributed by atoms with E-state index in [1.165, 1.54) is 12.1 Å². The summed E-state index contributed by atoms with van der Waals surface area (Å²) >= 11 is 0. The van der Waals surface area contributed by atoms with Gasteiger partial charge in [0.15, 0.2) is 0 Å². The van der Waals surface area contributed by atoms with Crippen LogP contribution in [0.2, 0.25) is 0 Å². The molecule has 2 rings (SSSR count). The van der Waals surface area contributed by atoms with Crippen molar-refractivity contribution in [1.82, 2.24) is 9.80 Å². The van der Waals surface area contributed by atoms with E-state index in [-0.39, 0.29) is 11.7 Å². The van der Waals surface area contributed by atoms with Gasteiger partial charge in [0.05, 0.1) is 5.41 Å². The van der Waals surface area contributed by atoms with Gasteiger partial charge in [-0.2, -0.15) is 0 Å². The summed E-state index contributed by atoms with van der Waals surface area (Å²) in [5.41, 5.74) is 0.0959. The van der Waals surface area contributed by atoms with Crippen LogP contribution in [0.4, 0.5) is 4.39 Å². The Hall–Kier alpha value is -1.91. The second-order valence-electron chi connectivity index (χ2n) is 5.57. The number of rotatable bonds is 3. The van der Waals surface area contributed by atoms with E-state index in [0.29, 0.717) is 26.2 Å². The first-order valence-electron chi connectivity index (χ1n) is 6.70. The van der Waals surface area contributed by atoms with Gasteiger partial charge in [0, 0.05) is 26.2 Å². The predicted molar refractivity (Wildman–Crippen MR) is 73.6 cm³/mol. The number of carbonyl (C=O) groups excluding carboxylic acids is 2. The van der Waals surface area contributed by atoms with Gasteiger partial charge in [-0.05, 0) is 31.5 Å². The molecule has 0 radical (unpaired) electrons. The summed E-state index contributed by atoms with van der Waals surface area (Å²) in [7, 11) is 0. The van der Waals surface area contributed by atoms with Crippen LogP contribution in [0, 0.1) is 5.82 Å². The van der Waals surface area contributed by atoms with Crippen molar-refractivity contribution in [2.75, 3.05) is 26.2 Å². The molecule has 0 unspecified atom stereocenters. The maximum Gasteiger partial charge on any atom is 0.232 e. The van der Waals surface area contributed by atoms with Gasteiger partial charge >= 0.3 is 0 Å². The summed E-state index contributed by atoms with van der Waals surface area (Å²) in [5.74, 6) is -0.300. The van der Waals surface area contributed by atoms with Crippen LogP contribution in [0.1, 0.15) is 19.4 Å². The Morgan fingerprint density at radius 1 is 1.15 bits per heavy atom. The molecule has 108 valence electrons. The number of benzene rings is 1. The molecule has 0 atom stereocenters. The predicted octanol–water partition coefficient (Wildman–Crippen LogP) is 1.40. The molecule has 1 aromatic rings. The molecule has 5 heteroatoms. The van der Waals surface area contributed by atoms with Crippen molar-refractivity contribution in [3.63, 3.8) is 0 Å². The molecule has 1 aliphatic heterocycles. The van der Waals surface area contributed by atoms with E-state index in [1.807, 2.05) is 13.8 Å². The number of piperazine rings is 1. The third-order valence-electron chi connectivity index (χ3n) is 3.85. The molecule has 1 saturated heterocycles. The molecule has 0 aromatic heterocycles. The van der Waals surface area contributed by atoms with E-state index in [9.17, 15) is 14.0 Å². The molecule has 0 N–H and O–H groups in total. The highest BCUT2D eigenvalue weighted by Gasteiger charge is 2.34. The van der Waals surface area contributed by atoms with Crippen molar-refractivity contribution >= 4 is 12.3 Å². The van der Waals surface area contributed by atoms with Crippen molar-refractivity contribution in [1.29, 1.82) is 0 Å². The molecule has 1 heterocycles. The van der Waals surface area contributed by atoms with Crippen molar-refractivity contribution in [3.8, 4) is 0 Å². The molecular weight excluding hydrogens is 259 g/mol. The second kappa shape index (κ2) is 5.61. The van der Waals surface area contributed by atoms with E-state index < -0.39 is 5.41 Å². The van der Waals surface area contributed by atoms with Gasteiger partial charge < -0.3 is 9.80 Å². The van der Waals surface area contributed by atoms with Crippen molar-refractivity contribution in [3.05, 3.63) is 35.6 Å². The minimum atomic E-state index is -0.697. The summed E-state index contributed by atoms with van der Waals surface area (Å²) in [4.78, 5) is 26.7. The number of carbonyl (C=O) groups is 2. The van der Waals surface area contributed by atoms with Gasteiger partial charge in [0.2, 0.25) is 12.3 Å². The average Bonchev–Trinajstić information content (AvgIpc) is 2.47. The van der Waals surface area contributed by atoms with E-state index in [0.717, 1.165) is 12.0 Å². The topological polar surface area (TPSA) is 40.6 Å². The molecule has 0 bridgehead atoms. The number of hydrogen-bond donors (Lipinski definition) is 0. The van der Waals surface area contributed by atoms with Crippen molar-refractivity contribution in [2.24, 2.45) is 0 Å². The van der Waals surface area contributed by atoms with E-state index >= 15 is 0 Å². The minimum Gasteiger partial charge on any atom is -0.342 e. The summed E-state index contributed by atoms with van der Waals surface area (Å²) in [6.45, 7) is 5.90. The maximum absolute atomic E-state index is 13.0. The molecule has 1 aromatic carbocycles. The fraction of sp³-hybridized carbons (Fsp3) is 0.467. The molecule has 1 aliphatic rings. The Bertz CT molecular complexity index is 491. The van der Waals surface area contributed by atoms with Crippen LogP contribution in [-0.2, 0) is 15.0 Å². The SMILES string of the molecule is CC(C)(C(=O)N1CCN(C=O)CC1)c1ccc(F)cc1. The molecule has 0 aliphatic carbocycles. The average molecular weight is 278 g/mol. The Labute approximate surface area is 118 Å². The fourth-order valence-electron chi connectivity index (χ4n) is 2.42. The number of halogens is 1. The first kappa shape index (κ1) is 14.5. The van der Waals surface area contributed by atoms with Crippen molar-refractivity contribution in [2.45, 2.75) is 19.3 Å². The summed E-state index contributed by atoms with van der Waals surface area (Å²) in [5, 5.41) is 0. The zero-order valence-electron chi connectivity index (χ0n) is 11.8. The van der Waals surface area contributed by atoms with Crippen LogP contribution in [0.15, 0.2) is 24.3 Å². The molecular formula is C15H19FN2O2. The highest BCUT2D eigenvalue weighted by molar-refractivity contribution is 5.87. The molecule has 20 heavy (non-hydrogen) atoms. The van der Waals surface area contributed by atoms with Gasteiger partial charge in [-0.1, -0.05) is 12.1 Å². The number of amides is 2. The smallest absolute Gasteiger partial charge is 0.232 e. The van der Waals surface area contributed by atoms with Crippen molar-refractivity contribution < 1.29 is 14.0 Å². The van der Waals surface area contributed by atoms with Crippen LogP contribution < -0.4 is 0 Å². The summed E-state index contributed by atoms with van der Waals surface area (Å²) < 4.78 is 13.0. The number of hydrogen-bond acceptors (Lipinski definition) is 2. The highest BCUT2D eigenvalue weighted by Crippen LogP contribution is 2.26. The molecule has 0 spiro atoms. The first-order valence-corrected chi connectivity index (χ1v) is 6.70. The van der Waals surface area contributed by atoms with Crippen LogP contribution in [0.25, 0.3) is 0 Å². The van der Waals surface area contributed by atoms with E-state index in [4.69, 9.17) is 0 Å². The quantitative estimate of drug-likeness (QED) is 0.784. The first-order chi connectivity index (χ1) is 9.45. The summed E-state index contributed by atoms with van der Waals surface area (Å²) in [6.07, 6.45) is 0.812. The van der Waals surface area contributed by atoms with Crippen LogP contribution in [0.5, 0.6) is 0 Å². The standard InChI is InChI=1S/C15H19FN2O2/c1-15(2,12-3-5-13(16)6-4-12)14(20)18-9-7-17(11-19)8-10-18/h3-6,11H,7-10H2,1-2H3. The minimum absolute atomic E-state index is 0.00894. The zero-order chi connectivity index (χ0) is 14.8. The lowest BCUT2D eigenvalue weighted by atomic mass is 9.83. The summed E-state index contributed by atoms with van der Waals surface area (Å²) in [6, 6.07) is 6.03. The zero-order valence-corrected chi connectivity index (χ0v) is 11.8. The normalized spacial score (nSPS) is 16.1. The van der Waals surface area contributed by atoms with Crippen LogP contribution in [0.3, 0.4) is 0 Å². The Kier molecular flexibility index (Phi) is 4.06. The Morgan fingerprint density at radius 3 is 2.20 bits per heavy atom. The number of nitrogens with zero attached hydrogens (tertiary/aromatic N) is 2.